The van der Waals surface area contributed by atoms with Gasteiger partial charge in [0, 0.05) is 17.7 Å². The van der Waals surface area contributed by atoms with Crippen molar-refractivity contribution in [1.29, 1.82) is 0 Å². The molecule has 0 aliphatic carbocycles. The molecular formula is C25H28N2O7. The first-order valence-electron chi connectivity index (χ1n) is 11.0. The van der Waals surface area contributed by atoms with E-state index in [1.54, 1.807) is 56.3 Å². The van der Waals surface area contributed by atoms with Crippen LogP contribution in [0.1, 0.15) is 25.5 Å². The number of ether oxygens (including phenoxy) is 4. The highest BCUT2D eigenvalue weighted by Crippen LogP contribution is 2.52. The Kier molecular flexibility index (Phi) is 6.22. The normalized spacial score (nSPS) is 25.8. The Hall–Kier alpha value is -3.59. The van der Waals surface area contributed by atoms with E-state index < -0.39 is 41.2 Å². The molecule has 4 atom stereocenters. The first kappa shape index (κ1) is 23.6. The minimum absolute atomic E-state index is 0.141. The van der Waals surface area contributed by atoms with Crippen molar-refractivity contribution in [3.8, 4) is 17.2 Å². The SMILES string of the molecule is CCOC(=O)[C@]1(C)N[C@H](c2cc(OC)ccc2OC)[C@H]2C(=O)N(c3cccc(OC)c3)C(=O)[C@@H]21. The minimum atomic E-state index is -1.43. The summed E-state index contributed by atoms with van der Waals surface area (Å²) in [7, 11) is 4.56. The van der Waals surface area contributed by atoms with E-state index in [4.69, 9.17) is 18.9 Å². The molecule has 180 valence electrons. The number of nitrogens with one attached hydrogen (secondary N) is 1. The van der Waals surface area contributed by atoms with Crippen LogP contribution in [0.25, 0.3) is 0 Å². The molecule has 9 heteroatoms. The zero-order chi connectivity index (χ0) is 24.6. The molecule has 0 spiro atoms. The smallest absolute Gasteiger partial charge is 0.326 e. The molecule has 34 heavy (non-hydrogen) atoms. The fourth-order valence-electron chi connectivity index (χ4n) is 4.96. The topological polar surface area (TPSA) is 103 Å². The van der Waals surface area contributed by atoms with Crippen LogP contribution in [-0.2, 0) is 19.1 Å². The number of anilines is 1. The number of hydrogen-bond acceptors (Lipinski definition) is 8. The van der Waals surface area contributed by atoms with E-state index in [-0.39, 0.29) is 6.61 Å². The first-order valence-corrected chi connectivity index (χ1v) is 11.0. The molecule has 2 aliphatic heterocycles. The molecule has 0 radical (unpaired) electrons. The molecule has 0 bridgehead atoms. The largest absolute Gasteiger partial charge is 0.497 e. The number of fused-ring (bicyclic) bond motifs is 1. The second kappa shape index (κ2) is 8.98. The van der Waals surface area contributed by atoms with Crippen LogP contribution in [0.5, 0.6) is 17.2 Å². The molecule has 4 rings (SSSR count). The Morgan fingerprint density at radius 3 is 2.35 bits per heavy atom. The van der Waals surface area contributed by atoms with Crippen molar-refractivity contribution in [2.24, 2.45) is 11.8 Å². The van der Waals surface area contributed by atoms with Gasteiger partial charge in [-0.15, -0.1) is 0 Å². The number of amides is 2. The van der Waals surface area contributed by atoms with Gasteiger partial charge in [-0.1, -0.05) is 6.07 Å². The molecule has 2 aliphatic rings. The number of methoxy groups -OCH3 is 3. The molecule has 0 saturated carbocycles. The average Bonchev–Trinajstić information content (AvgIpc) is 3.31. The fraction of sp³-hybridized carbons (Fsp3) is 0.400. The fourth-order valence-corrected chi connectivity index (χ4v) is 4.96. The molecule has 2 fully saturated rings. The summed E-state index contributed by atoms with van der Waals surface area (Å²) in [6.07, 6.45) is 0. The third kappa shape index (κ3) is 3.56. The second-order valence-corrected chi connectivity index (χ2v) is 8.37. The van der Waals surface area contributed by atoms with Gasteiger partial charge >= 0.3 is 5.97 Å². The Balaban J connectivity index is 1.86. The summed E-state index contributed by atoms with van der Waals surface area (Å²) >= 11 is 0. The summed E-state index contributed by atoms with van der Waals surface area (Å²) in [6, 6.07) is 11.2. The van der Waals surface area contributed by atoms with Gasteiger partial charge in [0.2, 0.25) is 11.8 Å². The number of benzene rings is 2. The second-order valence-electron chi connectivity index (χ2n) is 8.37. The number of rotatable bonds is 7. The molecular weight excluding hydrogens is 440 g/mol. The zero-order valence-electron chi connectivity index (χ0n) is 19.8. The monoisotopic (exact) mass is 468 g/mol. The van der Waals surface area contributed by atoms with Crippen LogP contribution in [0.3, 0.4) is 0 Å². The Morgan fingerprint density at radius 2 is 1.71 bits per heavy atom. The molecule has 1 N–H and O–H groups in total. The van der Waals surface area contributed by atoms with Gasteiger partial charge in [0.25, 0.3) is 0 Å². The average molecular weight is 469 g/mol. The quantitative estimate of drug-likeness (QED) is 0.488. The third-order valence-corrected chi connectivity index (χ3v) is 6.57. The Bertz CT molecular complexity index is 1130. The van der Waals surface area contributed by atoms with Gasteiger partial charge in [-0.05, 0) is 44.2 Å². The summed E-state index contributed by atoms with van der Waals surface area (Å²) in [4.78, 5) is 41.8. The maximum Gasteiger partial charge on any atom is 0.326 e. The van der Waals surface area contributed by atoms with Crippen LogP contribution in [0.2, 0.25) is 0 Å². The lowest BCUT2D eigenvalue weighted by Gasteiger charge is -2.29. The molecule has 0 unspecified atom stereocenters. The number of imide groups is 1. The van der Waals surface area contributed by atoms with Crippen LogP contribution < -0.4 is 24.4 Å². The molecule has 2 heterocycles. The van der Waals surface area contributed by atoms with Crippen LogP contribution in [0.4, 0.5) is 5.69 Å². The molecule has 2 aromatic carbocycles. The number of esters is 1. The Morgan fingerprint density at radius 1 is 1.00 bits per heavy atom. The number of nitrogens with zero attached hydrogens (tertiary/aromatic N) is 1. The van der Waals surface area contributed by atoms with Gasteiger partial charge in [0.05, 0.1) is 45.5 Å². The van der Waals surface area contributed by atoms with Crippen LogP contribution in [-0.4, -0.2) is 51.3 Å². The van der Waals surface area contributed by atoms with E-state index in [0.29, 0.717) is 28.5 Å². The summed E-state index contributed by atoms with van der Waals surface area (Å²) in [5.41, 5.74) is -0.440. The van der Waals surface area contributed by atoms with Crippen LogP contribution in [0, 0.1) is 11.8 Å². The van der Waals surface area contributed by atoms with Gasteiger partial charge in [-0.25, -0.2) is 4.90 Å². The van der Waals surface area contributed by atoms with Crippen molar-refractivity contribution in [3.05, 3.63) is 48.0 Å². The zero-order valence-corrected chi connectivity index (χ0v) is 19.8. The molecule has 2 saturated heterocycles. The maximum atomic E-state index is 13.8. The van der Waals surface area contributed by atoms with Crippen molar-refractivity contribution in [1.82, 2.24) is 5.32 Å². The lowest BCUT2D eigenvalue weighted by molar-refractivity contribution is -0.153. The third-order valence-electron chi connectivity index (χ3n) is 6.57. The minimum Gasteiger partial charge on any atom is -0.497 e. The molecule has 0 aromatic heterocycles. The Labute approximate surface area is 197 Å². The summed E-state index contributed by atoms with van der Waals surface area (Å²) < 4.78 is 21.5. The molecule has 2 amide bonds. The van der Waals surface area contributed by atoms with Gasteiger partial charge in [0.15, 0.2) is 0 Å². The van der Waals surface area contributed by atoms with E-state index in [1.165, 1.54) is 21.3 Å². The highest BCUT2D eigenvalue weighted by Gasteiger charge is 2.67. The van der Waals surface area contributed by atoms with Gasteiger partial charge in [0.1, 0.15) is 22.8 Å². The van der Waals surface area contributed by atoms with E-state index in [2.05, 4.69) is 5.32 Å². The highest BCUT2D eigenvalue weighted by atomic mass is 16.5. The van der Waals surface area contributed by atoms with Gasteiger partial charge in [-0.2, -0.15) is 0 Å². The van der Waals surface area contributed by atoms with E-state index in [9.17, 15) is 14.4 Å². The highest BCUT2D eigenvalue weighted by molar-refractivity contribution is 6.24. The van der Waals surface area contributed by atoms with Gasteiger partial charge in [-0.3, -0.25) is 19.7 Å². The van der Waals surface area contributed by atoms with Crippen LogP contribution >= 0.6 is 0 Å². The van der Waals surface area contributed by atoms with E-state index in [1.807, 2.05) is 0 Å². The number of hydrogen-bond donors (Lipinski definition) is 1. The molecule has 2 aromatic rings. The summed E-state index contributed by atoms with van der Waals surface area (Å²) in [6.45, 7) is 3.44. The first-order chi connectivity index (χ1) is 16.3. The number of carbonyl (C=O) groups excluding carboxylic acids is 3. The van der Waals surface area contributed by atoms with Crippen molar-refractivity contribution in [2.75, 3.05) is 32.8 Å². The lowest BCUT2D eigenvalue weighted by Crippen LogP contribution is -2.54. The predicted octanol–water partition coefficient (Wildman–Crippen LogP) is 2.48. The van der Waals surface area contributed by atoms with E-state index in [0.717, 1.165) is 4.90 Å². The number of carbonyl (C=O) groups is 3. The van der Waals surface area contributed by atoms with Crippen molar-refractivity contribution in [2.45, 2.75) is 25.4 Å². The standard InChI is InChI=1S/C25H28N2O7/c1-6-34-24(30)25(2)20-19(21(26-25)17-13-16(32-4)10-11-18(17)33-5)22(28)27(23(20)29)14-8-7-9-15(12-14)31-3/h7-13,19-21,26H,6H2,1-5H3/t19-,20+,21+,25+/m0/s1. The van der Waals surface area contributed by atoms with Crippen molar-refractivity contribution < 1.29 is 33.3 Å². The van der Waals surface area contributed by atoms with Gasteiger partial charge < -0.3 is 18.9 Å². The van der Waals surface area contributed by atoms with Crippen molar-refractivity contribution in [3.63, 3.8) is 0 Å². The van der Waals surface area contributed by atoms with Crippen molar-refractivity contribution >= 4 is 23.5 Å². The predicted molar refractivity (Wildman–Crippen MR) is 123 cm³/mol. The maximum absolute atomic E-state index is 13.8. The molecule has 9 nitrogen and oxygen atoms in total. The summed E-state index contributed by atoms with van der Waals surface area (Å²) in [5, 5.41) is 3.25. The summed E-state index contributed by atoms with van der Waals surface area (Å²) in [5.74, 6) is -1.77. The van der Waals surface area contributed by atoms with Crippen LogP contribution in [0.15, 0.2) is 42.5 Å². The lowest BCUT2D eigenvalue weighted by atomic mass is 9.80. The van der Waals surface area contributed by atoms with E-state index >= 15 is 0 Å².